The molecule has 1 rings (SSSR count). The molecule has 0 aliphatic rings. The number of nitrogens with two attached hydrogens (primary N) is 1. The van der Waals surface area contributed by atoms with E-state index in [-0.39, 0.29) is 0 Å². The van der Waals surface area contributed by atoms with Crippen LogP contribution >= 0.6 is 0 Å². The summed E-state index contributed by atoms with van der Waals surface area (Å²) in [7, 11) is 1.32. The molecule has 66 valence electrons. The molecule has 0 aliphatic heterocycles. The second kappa shape index (κ2) is 3.25. The molecule has 0 saturated heterocycles. The van der Waals surface area contributed by atoms with E-state index < -0.39 is 5.97 Å². The van der Waals surface area contributed by atoms with Gasteiger partial charge in [-0.1, -0.05) is 0 Å². The van der Waals surface area contributed by atoms with Crippen LogP contribution in [0.15, 0.2) is 6.07 Å². The Bertz CT molecular complexity index is 293. The van der Waals surface area contributed by atoms with Gasteiger partial charge in [0.2, 0.25) is 0 Å². The fraction of sp³-hybridized carbons (Fsp3) is 0.429. The first-order valence-corrected chi connectivity index (χ1v) is 3.60. The molecule has 5 nitrogen and oxygen atoms in total. The molecule has 0 fully saturated rings. The number of nitrogen functional groups attached to an aromatic ring is 1. The van der Waals surface area contributed by atoms with E-state index in [1.54, 1.807) is 0 Å². The summed E-state index contributed by atoms with van der Waals surface area (Å²) in [5.41, 5.74) is 5.79. The Morgan fingerprint density at radius 3 is 3.00 bits per heavy atom. The lowest BCUT2D eigenvalue weighted by atomic mass is 10.4. The van der Waals surface area contributed by atoms with E-state index in [0.29, 0.717) is 18.1 Å². The molecule has 1 heterocycles. The zero-order valence-electron chi connectivity index (χ0n) is 7.07. The van der Waals surface area contributed by atoms with Crippen molar-refractivity contribution in [1.29, 1.82) is 0 Å². The number of hydrogen-bond acceptors (Lipinski definition) is 4. The van der Waals surface area contributed by atoms with Gasteiger partial charge in [0.25, 0.3) is 0 Å². The molecule has 12 heavy (non-hydrogen) atoms. The SMILES string of the molecule is CCn1nc(N)cc1C(=O)OC. The zero-order valence-corrected chi connectivity index (χ0v) is 7.07. The van der Waals surface area contributed by atoms with Gasteiger partial charge >= 0.3 is 5.97 Å². The Kier molecular flexibility index (Phi) is 2.32. The van der Waals surface area contributed by atoms with Crippen LogP contribution in [0.4, 0.5) is 5.82 Å². The minimum Gasteiger partial charge on any atom is -0.464 e. The Hall–Kier alpha value is -1.52. The van der Waals surface area contributed by atoms with Gasteiger partial charge in [-0.25, -0.2) is 4.79 Å². The number of methoxy groups -OCH3 is 1. The van der Waals surface area contributed by atoms with Gasteiger partial charge in [-0.05, 0) is 6.92 Å². The summed E-state index contributed by atoms with van der Waals surface area (Å²) in [5, 5.41) is 3.89. The normalized spacial score (nSPS) is 9.83. The summed E-state index contributed by atoms with van der Waals surface area (Å²) in [5.74, 6) is -0.0849. The summed E-state index contributed by atoms with van der Waals surface area (Å²) < 4.78 is 6.04. The van der Waals surface area contributed by atoms with Crippen molar-refractivity contribution in [3.05, 3.63) is 11.8 Å². The molecule has 0 radical (unpaired) electrons. The third-order valence-corrected chi connectivity index (χ3v) is 1.49. The second-order valence-electron chi connectivity index (χ2n) is 2.26. The van der Waals surface area contributed by atoms with E-state index in [1.165, 1.54) is 17.9 Å². The Balaban J connectivity index is 3.04. The van der Waals surface area contributed by atoms with E-state index in [0.717, 1.165) is 0 Å². The highest BCUT2D eigenvalue weighted by Crippen LogP contribution is 2.06. The molecular weight excluding hydrogens is 158 g/mol. The fourth-order valence-corrected chi connectivity index (χ4v) is 0.947. The van der Waals surface area contributed by atoms with Gasteiger partial charge < -0.3 is 10.5 Å². The van der Waals surface area contributed by atoms with Crippen LogP contribution in [0.2, 0.25) is 0 Å². The number of esters is 1. The topological polar surface area (TPSA) is 70.1 Å². The standard InChI is InChI=1S/C7H11N3O2/c1-3-10-5(7(11)12-2)4-6(8)9-10/h4H,3H2,1-2H3,(H2,8,9). The predicted octanol–water partition coefficient (Wildman–Crippen LogP) is 0.272. The largest absolute Gasteiger partial charge is 0.464 e. The van der Waals surface area contributed by atoms with Crippen molar-refractivity contribution in [2.45, 2.75) is 13.5 Å². The maximum atomic E-state index is 11.1. The first kappa shape index (κ1) is 8.58. The van der Waals surface area contributed by atoms with Crippen LogP contribution in [0.5, 0.6) is 0 Å². The van der Waals surface area contributed by atoms with E-state index in [2.05, 4.69) is 9.84 Å². The van der Waals surface area contributed by atoms with Gasteiger partial charge in [-0.3, -0.25) is 4.68 Å². The quantitative estimate of drug-likeness (QED) is 0.645. The predicted molar refractivity (Wildman–Crippen MR) is 43.7 cm³/mol. The molecular formula is C7H11N3O2. The van der Waals surface area contributed by atoms with Crippen LogP contribution in [0, 0.1) is 0 Å². The summed E-state index contributed by atoms with van der Waals surface area (Å²) in [6.45, 7) is 2.47. The van der Waals surface area contributed by atoms with Crippen molar-refractivity contribution in [3.63, 3.8) is 0 Å². The molecule has 0 spiro atoms. The van der Waals surface area contributed by atoms with Crippen molar-refractivity contribution in [1.82, 2.24) is 9.78 Å². The molecule has 5 heteroatoms. The summed E-state index contributed by atoms with van der Waals surface area (Å²) in [4.78, 5) is 11.1. The molecule has 0 bridgehead atoms. The second-order valence-corrected chi connectivity index (χ2v) is 2.26. The molecule has 0 saturated carbocycles. The molecule has 1 aromatic rings. The van der Waals surface area contributed by atoms with Gasteiger partial charge in [0.05, 0.1) is 7.11 Å². The zero-order chi connectivity index (χ0) is 9.14. The first-order valence-electron chi connectivity index (χ1n) is 3.60. The number of hydrogen-bond donors (Lipinski definition) is 1. The van der Waals surface area contributed by atoms with Crippen LogP contribution in [0.25, 0.3) is 0 Å². The van der Waals surface area contributed by atoms with Crippen molar-refractivity contribution in [2.75, 3.05) is 12.8 Å². The van der Waals surface area contributed by atoms with Crippen molar-refractivity contribution in [2.24, 2.45) is 0 Å². The monoisotopic (exact) mass is 169 g/mol. The van der Waals surface area contributed by atoms with Crippen LogP contribution in [0.1, 0.15) is 17.4 Å². The molecule has 0 aromatic carbocycles. The average Bonchev–Trinajstić information content (AvgIpc) is 2.45. The summed E-state index contributed by atoms with van der Waals surface area (Å²) >= 11 is 0. The van der Waals surface area contributed by atoms with Crippen molar-refractivity contribution < 1.29 is 9.53 Å². The smallest absolute Gasteiger partial charge is 0.356 e. The third-order valence-electron chi connectivity index (χ3n) is 1.49. The number of nitrogens with zero attached hydrogens (tertiary/aromatic N) is 2. The molecule has 1 aromatic heterocycles. The molecule has 0 unspecified atom stereocenters. The minimum absolute atomic E-state index is 0.331. The highest BCUT2D eigenvalue weighted by molar-refractivity contribution is 5.88. The molecule has 0 amide bonds. The fourth-order valence-electron chi connectivity index (χ4n) is 0.947. The number of carbonyl (C=O) groups is 1. The summed E-state index contributed by atoms with van der Waals surface area (Å²) in [6.07, 6.45) is 0. The maximum absolute atomic E-state index is 11.1. The Labute approximate surface area is 70.1 Å². The minimum atomic E-state index is -0.416. The van der Waals surface area contributed by atoms with Crippen LogP contribution in [0.3, 0.4) is 0 Å². The number of rotatable bonds is 2. The van der Waals surface area contributed by atoms with Gasteiger partial charge in [-0.2, -0.15) is 5.10 Å². The van der Waals surface area contributed by atoms with Gasteiger partial charge in [0.1, 0.15) is 11.5 Å². The Morgan fingerprint density at radius 2 is 2.50 bits per heavy atom. The lowest BCUT2D eigenvalue weighted by Crippen LogP contribution is -2.10. The van der Waals surface area contributed by atoms with Crippen molar-refractivity contribution in [3.8, 4) is 0 Å². The molecule has 0 aliphatic carbocycles. The van der Waals surface area contributed by atoms with Crippen LogP contribution < -0.4 is 5.73 Å². The first-order chi connectivity index (χ1) is 5.69. The average molecular weight is 169 g/mol. The van der Waals surface area contributed by atoms with Crippen LogP contribution in [-0.2, 0) is 11.3 Å². The number of ether oxygens (including phenoxy) is 1. The number of carbonyl (C=O) groups excluding carboxylic acids is 1. The molecule has 0 atom stereocenters. The van der Waals surface area contributed by atoms with Crippen molar-refractivity contribution >= 4 is 11.8 Å². The number of anilines is 1. The lowest BCUT2D eigenvalue weighted by Gasteiger charge is -2.00. The third kappa shape index (κ3) is 1.39. The number of aromatic nitrogens is 2. The van der Waals surface area contributed by atoms with Gasteiger partial charge in [-0.15, -0.1) is 0 Å². The maximum Gasteiger partial charge on any atom is 0.356 e. The number of aryl methyl sites for hydroxylation is 1. The van der Waals surface area contributed by atoms with Gasteiger partial charge in [0.15, 0.2) is 0 Å². The highest BCUT2D eigenvalue weighted by atomic mass is 16.5. The Morgan fingerprint density at radius 1 is 1.83 bits per heavy atom. The van der Waals surface area contributed by atoms with E-state index in [4.69, 9.17) is 5.73 Å². The highest BCUT2D eigenvalue weighted by Gasteiger charge is 2.12. The summed E-state index contributed by atoms with van der Waals surface area (Å²) in [6, 6.07) is 1.50. The lowest BCUT2D eigenvalue weighted by molar-refractivity contribution is 0.0587. The van der Waals surface area contributed by atoms with E-state index >= 15 is 0 Å². The van der Waals surface area contributed by atoms with Crippen LogP contribution in [-0.4, -0.2) is 22.9 Å². The molecule has 2 N–H and O–H groups in total. The van der Waals surface area contributed by atoms with Gasteiger partial charge in [0, 0.05) is 12.6 Å². The van der Waals surface area contributed by atoms with E-state index in [9.17, 15) is 4.79 Å². The van der Waals surface area contributed by atoms with E-state index in [1.807, 2.05) is 6.92 Å².